The first-order chi connectivity index (χ1) is 18.9. The minimum atomic E-state index is -2.93. The zero-order valence-corrected chi connectivity index (χ0v) is 21.1. The lowest BCUT2D eigenvalue weighted by molar-refractivity contribution is -0.0364. The van der Waals surface area contributed by atoms with E-state index in [0.29, 0.717) is 54.7 Å². The Labute approximate surface area is 220 Å². The molecule has 6 heterocycles. The Bertz CT molecular complexity index is 1730. The van der Waals surface area contributed by atoms with Gasteiger partial charge in [-0.05, 0) is 18.6 Å². The predicted molar refractivity (Wildman–Crippen MR) is 134 cm³/mol. The molecule has 200 valence electrons. The molecule has 0 atom stereocenters. The van der Waals surface area contributed by atoms with Crippen LogP contribution >= 0.6 is 0 Å². The lowest BCUT2D eigenvalue weighted by atomic mass is 10.1. The van der Waals surface area contributed by atoms with Gasteiger partial charge in [-0.3, -0.25) is 4.68 Å². The van der Waals surface area contributed by atoms with E-state index >= 15 is 0 Å². The molecule has 14 heteroatoms. The summed E-state index contributed by atoms with van der Waals surface area (Å²) in [7, 11) is 3.29. The molecule has 1 aliphatic rings. The van der Waals surface area contributed by atoms with Crippen LogP contribution in [0.3, 0.4) is 0 Å². The Morgan fingerprint density at radius 2 is 2.08 bits per heavy atom. The Balaban J connectivity index is 1.30. The van der Waals surface area contributed by atoms with Gasteiger partial charge >= 0.3 is 0 Å². The van der Waals surface area contributed by atoms with E-state index in [-0.39, 0.29) is 34.9 Å². The third-order valence-corrected chi connectivity index (χ3v) is 6.46. The molecule has 0 aliphatic carbocycles. The van der Waals surface area contributed by atoms with Gasteiger partial charge in [0, 0.05) is 33.2 Å². The van der Waals surface area contributed by atoms with E-state index in [1.165, 1.54) is 23.1 Å². The molecule has 0 amide bonds. The number of alkyl halides is 2. The van der Waals surface area contributed by atoms with Crippen molar-refractivity contribution in [3.8, 4) is 23.3 Å². The highest BCUT2D eigenvalue weighted by Crippen LogP contribution is 2.38. The minimum Gasteiger partial charge on any atom is -0.490 e. The molecule has 6 rings (SSSR count). The van der Waals surface area contributed by atoms with E-state index in [4.69, 9.17) is 14.2 Å². The molecule has 5 aromatic rings. The maximum absolute atomic E-state index is 14.3. The van der Waals surface area contributed by atoms with Crippen molar-refractivity contribution in [3.63, 3.8) is 0 Å². The first-order valence-electron chi connectivity index (χ1n) is 12.1. The molecule has 0 spiro atoms. The normalized spacial score (nSPS) is 14.3. The third-order valence-electron chi connectivity index (χ3n) is 6.46. The van der Waals surface area contributed by atoms with Crippen molar-refractivity contribution in [2.75, 3.05) is 25.6 Å². The summed E-state index contributed by atoms with van der Waals surface area (Å²) >= 11 is 0. The van der Waals surface area contributed by atoms with Crippen LogP contribution in [0, 0.1) is 11.3 Å². The van der Waals surface area contributed by atoms with E-state index in [9.17, 15) is 14.0 Å². The van der Waals surface area contributed by atoms with Crippen LogP contribution in [0.5, 0.6) is 17.2 Å². The third kappa shape index (κ3) is 4.36. The van der Waals surface area contributed by atoms with Gasteiger partial charge in [-0.1, -0.05) is 0 Å². The number of nitrogens with one attached hydrogen (secondary N) is 1. The number of rotatable bonds is 8. The highest BCUT2D eigenvalue weighted by molar-refractivity contribution is 5.84. The topological polar surface area (TPSA) is 129 Å². The van der Waals surface area contributed by atoms with Crippen LogP contribution in [0.25, 0.3) is 16.7 Å². The maximum Gasteiger partial charge on any atom is 0.289 e. The highest BCUT2D eigenvalue weighted by Gasteiger charge is 2.38. The summed E-state index contributed by atoms with van der Waals surface area (Å²) in [6.07, 6.45) is 4.80. The minimum absolute atomic E-state index is 0.136. The van der Waals surface area contributed by atoms with Crippen LogP contribution in [-0.2, 0) is 24.3 Å². The highest BCUT2D eigenvalue weighted by atomic mass is 19.3. The van der Waals surface area contributed by atoms with Crippen LogP contribution in [-0.4, -0.2) is 54.3 Å². The van der Waals surface area contributed by atoms with Gasteiger partial charge in [-0.15, -0.1) is 0 Å². The number of imidazole rings is 1. The number of hydrogen-bond donors (Lipinski definition) is 1. The largest absolute Gasteiger partial charge is 0.490 e. The molecule has 0 saturated carbocycles. The summed E-state index contributed by atoms with van der Waals surface area (Å²) in [5.74, 6) is -1.16. The number of ether oxygens (including phenoxy) is 3. The smallest absolute Gasteiger partial charge is 0.289 e. The number of nitrogens with zero attached hydrogens (tertiary/aromatic N) is 8. The number of fused-ring (bicyclic) bond motifs is 3. The quantitative estimate of drug-likeness (QED) is 0.292. The van der Waals surface area contributed by atoms with E-state index in [2.05, 4.69) is 31.6 Å². The summed E-state index contributed by atoms with van der Waals surface area (Å²) in [6.45, 7) is 1.28. The van der Waals surface area contributed by atoms with Crippen LogP contribution in [0.4, 0.5) is 20.5 Å². The zero-order valence-electron chi connectivity index (χ0n) is 21.1. The fourth-order valence-electron chi connectivity index (χ4n) is 4.56. The molecule has 5 aromatic heterocycles. The summed E-state index contributed by atoms with van der Waals surface area (Å²) in [4.78, 5) is 8.81. The van der Waals surface area contributed by atoms with Gasteiger partial charge < -0.3 is 24.1 Å². The molecule has 39 heavy (non-hydrogen) atoms. The van der Waals surface area contributed by atoms with Crippen molar-refractivity contribution in [2.45, 2.75) is 25.3 Å². The molecule has 0 bridgehead atoms. The van der Waals surface area contributed by atoms with Crippen LogP contribution in [0.2, 0.25) is 0 Å². The summed E-state index contributed by atoms with van der Waals surface area (Å²) in [5.41, 5.74) is 1.43. The maximum atomic E-state index is 14.3. The van der Waals surface area contributed by atoms with Gasteiger partial charge in [0.2, 0.25) is 5.95 Å². The van der Waals surface area contributed by atoms with Crippen LogP contribution in [0.15, 0.2) is 36.8 Å². The number of aryl methyl sites for hydroxylation is 2. The number of anilines is 2. The fraction of sp³-hybridized carbons (Fsp3) is 0.320. The standard InChI is InChI=1S/C25H23F2N9O3/c1-34-22-16(11-28)18(39-19-13-30-36-14-15(4-5-17(19)36)38-9-8-37-2)12-29-23(22)32-24(34)31-21-10-20-25(26,27)6-3-7-35(20)33-21/h4-5,10,12-14H,3,6-9H2,1-2H3,(H,29,31,32,33). The summed E-state index contributed by atoms with van der Waals surface area (Å²) < 4.78 is 49.8. The van der Waals surface area contributed by atoms with Crippen LogP contribution in [0.1, 0.15) is 24.1 Å². The molecule has 0 aromatic carbocycles. The SMILES string of the molecule is COCCOc1ccc2c(Oc3cnc4nc(Nc5cc6n(n5)CCCC6(F)F)n(C)c4c3C#N)cnn2c1. The number of hydrogen-bond acceptors (Lipinski definition) is 9. The second-order valence-corrected chi connectivity index (χ2v) is 8.99. The molecule has 1 N–H and O–H groups in total. The van der Waals surface area contributed by atoms with E-state index < -0.39 is 5.92 Å². The van der Waals surface area contributed by atoms with Crippen molar-refractivity contribution < 1.29 is 23.0 Å². The number of nitriles is 1. The predicted octanol–water partition coefficient (Wildman–Crippen LogP) is 4.13. The summed E-state index contributed by atoms with van der Waals surface area (Å²) in [5, 5.41) is 21.6. The van der Waals surface area contributed by atoms with Crippen molar-refractivity contribution >= 4 is 28.4 Å². The Kier molecular flexibility index (Phi) is 5.99. The number of pyridine rings is 2. The number of aromatic nitrogens is 7. The van der Waals surface area contributed by atoms with E-state index in [1.54, 1.807) is 41.6 Å². The Morgan fingerprint density at radius 1 is 1.21 bits per heavy atom. The average Bonchev–Trinajstić information content (AvgIpc) is 3.61. The molecule has 12 nitrogen and oxygen atoms in total. The Hall–Kier alpha value is -4.77. The van der Waals surface area contributed by atoms with Gasteiger partial charge in [-0.25, -0.2) is 9.50 Å². The van der Waals surface area contributed by atoms with Gasteiger partial charge in [-0.2, -0.15) is 29.2 Å². The number of halogens is 2. The Morgan fingerprint density at radius 3 is 2.87 bits per heavy atom. The van der Waals surface area contributed by atoms with Crippen molar-refractivity contribution in [3.05, 3.63) is 48.0 Å². The summed E-state index contributed by atoms with van der Waals surface area (Å²) in [6, 6.07) is 7.08. The zero-order chi connectivity index (χ0) is 27.1. The molecule has 0 unspecified atom stereocenters. The van der Waals surface area contributed by atoms with E-state index in [1.807, 2.05) is 0 Å². The van der Waals surface area contributed by atoms with Crippen LogP contribution < -0.4 is 14.8 Å². The second kappa shape index (κ2) is 9.52. The molecular formula is C25H23F2N9O3. The molecule has 0 saturated heterocycles. The second-order valence-electron chi connectivity index (χ2n) is 8.99. The van der Waals surface area contributed by atoms with Gasteiger partial charge in [0.25, 0.3) is 5.92 Å². The first kappa shape index (κ1) is 24.6. The molecule has 0 radical (unpaired) electrons. The lowest BCUT2D eigenvalue weighted by Gasteiger charge is -2.22. The average molecular weight is 536 g/mol. The molecule has 1 aliphatic heterocycles. The van der Waals surface area contributed by atoms with Crippen molar-refractivity contribution in [1.82, 2.24) is 33.9 Å². The lowest BCUT2D eigenvalue weighted by Crippen LogP contribution is -2.25. The molecular weight excluding hydrogens is 512 g/mol. The van der Waals surface area contributed by atoms with Gasteiger partial charge in [0.15, 0.2) is 23.0 Å². The fourth-order valence-corrected chi connectivity index (χ4v) is 4.56. The first-order valence-corrected chi connectivity index (χ1v) is 12.1. The van der Waals surface area contributed by atoms with Gasteiger partial charge in [0.1, 0.15) is 40.7 Å². The van der Waals surface area contributed by atoms with Gasteiger partial charge in [0.05, 0.1) is 25.2 Å². The number of methoxy groups -OCH3 is 1. The van der Waals surface area contributed by atoms with Crippen molar-refractivity contribution in [1.29, 1.82) is 5.26 Å². The van der Waals surface area contributed by atoms with Crippen molar-refractivity contribution in [2.24, 2.45) is 7.05 Å². The van der Waals surface area contributed by atoms with E-state index in [0.717, 1.165) is 0 Å². The molecule has 0 fully saturated rings. The monoisotopic (exact) mass is 535 g/mol.